The Kier molecular flexibility index (Phi) is 5.24. The van der Waals surface area contributed by atoms with Crippen LogP contribution in [0.2, 0.25) is 0 Å². The summed E-state index contributed by atoms with van der Waals surface area (Å²) in [5.74, 6) is -0.756. The molecule has 142 valence electrons. The van der Waals surface area contributed by atoms with E-state index >= 15 is 0 Å². The quantitative estimate of drug-likeness (QED) is 0.718. The van der Waals surface area contributed by atoms with Crippen molar-refractivity contribution in [2.45, 2.75) is 31.4 Å². The maximum Gasteiger partial charge on any atom is 0.331 e. The van der Waals surface area contributed by atoms with Crippen molar-refractivity contribution in [1.29, 1.82) is 0 Å². The Morgan fingerprint density at radius 2 is 2.11 bits per heavy atom. The average molecular weight is 408 g/mol. The third-order valence-electron chi connectivity index (χ3n) is 3.52. The fourth-order valence-corrected chi connectivity index (χ4v) is 4.30. The van der Waals surface area contributed by atoms with Gasteiger partial charge in [0.15, 0.2) is 5.13 Å². The molecule has 0 aliphatic carbocycles. The molecule has 0 saturated carbocycles. The van der Waals surface area contributed by atoms with E-state index in [1.54, 1.807) is 23.6 Å². The SMILES string of the molecule is CC(=O)Nc1nc(COC(=O)C(C)N=C2NS(=O)(=O)c3ccccc32)cs1. The van der Waals surface area contributed by atoms with E-state index in [1.807, 2.05) is 0 Å². The second-order valence-corrected chi connectivity index (χ2v) is 8.20. The molecular formula is C16H16N4O5S2. The summed E-state index contributed by atoms with van der Waals surface area (Å²) in [4.78, 5) is 31.5. The Balaban J connectivity index is 1.65. The third kappa shape index (κ3) is 4.31. The summed E-state index contributed by atoms with van der Waals surface area (Å²) in [7, 11) is -3.66. The van der Waals surface area contributed by atoms with E-state index in [1.165, 1.54) is 31.3 Å². The summed E-state index contributed by atoms with van der Waals surface area (Å²) in [5, 5.41) is 4.62. The largest absolute Gasteiger partial charge is 0.458 e. The fraction of sp³-hybridized carbons (Fsp3) is 0.250. The number of ether oxygens (including phenoxy) is 1. The highest BCUT2D eigenvalue weighted by Crippen LogP contribution is 2.22. The van der Waals surface area contributed by atoms with Crippen LogP contribution in [-0.4, -0.2) is 37.2 Å². The molecule has 2 aromatic rings. The summed E-state index contributed by atoms with van der Waals surface area (Å²) in [5.41, 5.74) is 0.903. The molecule has 1 aliphatic rings. The number of hydrogen-bond donors (Lipinski definition) is 2. The molecule has 9 nitrogen and oxygen atoms in total. The zero-order valence-electron chi connectivity index (χ0n) is 14.4. The number of anilines is 1. The Labute approximate surface area is 159 Å². The molecule has 0 saturated heterocycles. The van der Waals surface area contributed by atoms with Crippen LogP contribution in [-0.2, 0) is 31.0 Å². The van der Waals surface area contributed by atoms with Crippen molar-refractivity contribution in [3.63, 3.8) is 0 Å². The van der Waals surface area contributed by atoms with Gasteiger partial charge in [-0.25, -0.2) is 18.2 Å². The maximum absolute atomic E-state index is 12.2. The first-order chi connectivity index (χ1) is 12.8. The van der Waals surface area contributed by atoms with Crippen molar-refractivity contribution in [1.82, 2.24) is 9.71 Å². The molecule has 27 heavy (non-hydrogen) atoms. The highest BCUT2D eigenvalue weighted by Gasteiger charge is 2.31. The van der Waals surface area contributed by atoms with Gasteiger partial charge in [0.2, 0.25) is 5.91 Å². The van der Waals surface area contributed by atoms with Gasteiger partial charge in [-0.05, 0) is 19.1 Å². The van der Waals surface area contributed by atoms with Gasteiger partial charge < -0.3 is 10.1 Å². The molecule has 1 amide bonds. The minimum atomic E-state index is -3.66. The zero-order chi connectivity index (χ0) is 19.6. The second-order valence-electron chi connectivity index (χ2n) is 5.69. The van der Waals surface area contributed by atoms with Gasteiger partial charge in [0.1, 0.15) is 18.5 Å². The van der Waals surface area contributed by atoms with Crippen LogP contribution in [0.1, 0.15) is 25.1 Å². The summed E-state index contributed by atoms with van der Waals surface area (Å²) in [6.45, 7) is 2.80. The van der Waals surface area contributed by atoms with Gasteiger partial charge in [-0.2, -0.15) is 0 Å². The van der Waals surface area contributed by atoms with E-state index in [0.29, 0.717) is 16.4 Å². The number of rotatable bonds is 5. The van der Waals surface area contributed by atoms with Crippen LogP contribution in [0.25, 0.3) is 0 Å². The first-order valence-electron chi connectivity index (χ1n) is 7.85. The standard InChI is InChI=1S/C16H16N4O5S2/c1-9(15(22)25-7-11-8-26-16(19-11)18-10(2)21)17-14-12-5-3-4-6-13(12)27(23,24)20-14/h3-6,8-9H,7H2,1-2H3,(H,17,20)(H,18,19,21). The van der Waals surface area contributed by atoms with Gasteiger partial charge in [-0.3, -0.25) is 14.5 Å². The monoisotopic (exact) mass is 408 g/mol. The molecular weight excluding hydrogens is 392 g/mol. The minimum absolute atomic E-state index is 0.0770. The molecule has 11 heteroatoms. The molecule has 0 fully saturated rings. The first-order valence-corrected chi connectivity index (χ1v) is 10.2. The lowest BCUT2D eigenvalue weighted by molar-refractivity contribution is -0.146. The number of aliphatic imine (C=N–C) groups is 1. The predicted molar refractivity (Wildman–Crippen MR) is 99.0 cm³/mol. The molecule has 0 radical (unpaired) electrons. The van der Waals surface area contributed by atoms with E-state index in [-0.39, 0.29) is 23.2 Å². The molecule has 2 heterocycles. The number of aromatic nitrogens is 1. The maximum atomic E-state index is 12.2. The molecule has 1 aromatic heterocycles. The zero-order valence-corrected chi connectivity index (χ0v) is 16.1. The van der Waals surface area contributed by atoms with Crippen LogP contribution in [0, 0.1) is 0 Å². The number of sulfonamides is 1. The lowest BCUT2D eigenvalue weighted by atomic mass is 10.2. The van der Waals surface area contributed by atoms with E-state index in [2.05, 4.69) is 20.0 Å². The van der Waals surface area contributed by atoms with Crippen LogP contribution in [0.3, 0.4) is 0 Å². The summed E-state index contributed by atoms with van der Waals surface area (Å²) in [6, 6.07) is 5.47. The van der Waals surface area contributed by atoms with Gasteiger partial charge in [0, 0.05) is 17.9 Å². The van der Waals surface area contributed by atoms with E-state index < -0.39 is 22.0 Å². The molecule has 3 rings (SSSR count). The van der Waals surface area contributed by atoms with Crippen LogP contribution in [0.5, 0.6) is 0 Å². The molecule has 0 bridgehead atoms. The summed E-state index contributed by atoms with van der Waals surface area (Å²) in [6.07, 6.45) is 0. The van der Waals surface area contributed by atoms with Crippen molar-refractivity contribution >= 4 is 44.2 Å². The molecule has 1 unspecified atom stereocenters. The van der Waals surface area contributed by atoms with Crippen molar-refractivity contribution < 1.29 is 22.7 Å². The number of esters is 1. The van der Waals surface area contributed by atoms with Crippen molar-refractivity contribution in [2.24, 2.45) is 4.99 Å². The van der Waals surface area contributed by atoms with Crippen LogP contribution in [0.4, 0.5) is 5.13 Å². The Morgan fingerprint density at radius 1 is 1.37 bits per heavy atom. The number of hydrogen-bond acceptors (Lipinski definition) is 8. The number of thiazole rings is 1. The number of amides is 1. The Morgan fingerprint density at radius 3 is 2.85 bits per heavy atom. The molecule has 1 atom stereocenters. The van der Waals surface area contributed by atoms with Crippen molar-refractivity contribution in [2.75, 3.05) is 5.32 Å². The number of nitrogens with one attached hydrogen (secondary N) is 2. The summed E-state index contributed by atoms with van der Waals surface area (Å²) < 4.78 is 31.6. The molecule has 1 aliphatic heterocycles. The molecule has 2 N–H and O–H groups in total. The average Bonchev–Trinajstić information content (AvgIpc) is 3.15. The lowest BCUT2D eigenvalue weighted by Gasteiger charge is -2.08. The number of carbonyl (C=O) groups excluding carboxylic acids is 2. The smallest absolute Gasteiger partial charge is 0.331 e. The normalized spacial score (nSPS) is 17.0. The number of carbonyl (C=O) groups is 2. The lowest BCUT2D eigenvalue weighted by Crippen LogP contribution is -2.26. The fourth-order valence-electron chi connectivity index (χ4n) is 2.32. The van der Waals surface area contributed by atoms with Gasteiger partial charge in [0.05, 0.1) is 10.6 Å². The second kappa shape index (κ2) is 7.45. The Bertz CT molecular complexity index is 1030. The molecule has 1 aromatic carbocycles. The van der Waals surface area contributed by atoms with Crippen LogP contribution in [0.15, 0.2) is 39.5 Å². The van der Waals surface area contributed by atoms with Crippen LogP contribution < -0.4 is 10.0 Å². The van der Waals surface area contributed by atoms with Crippen molar-refractivity contribution in [3.05, 3.63) is 40.9 Å². The topological polar surface area (TPSA) is 127 Å². The first kappa shape index (κ1) is 19.0. The number of fused-ring (bicyclic) bond motifs is 1. The van der Waals surface area contributed by atoms with Gasteiger partial charge >= 0.3 is 5.97 Å². The summed E-state index contributed by atoms with van der Waals surface area (Å²) >= 11 is 1.22. The van der Waals surface area contributed by atoms with Gasteiger partial charge in [-0.1, -0.05) is 12.1 Å². The predicted octanol–water partition coefficient (Wildman–Crippen LogP) is 1.27. The van der Waals surface area contributed by atoms with Crippen molar-refractivity contribution in [3.8, 4) is 0 Å². The third-order valence-corrected chi connectivity index (χ3v) is 5.73. The van der Waals surface area contributed by atoms with E-state index in [0.717, 1.165) is 0 Å². The number of nitrogens with zero attached hydrogens (tertiary/aromatic N) is 2. The van der Waals surface area contributed by atoms with E-state index in [4.69, 9.17) is 4.74 Å². The van der Waals surface area contributed by atoms with E-state index in [9.17, 15) is 18.0 Å². The minimum Gasteiger partial charge on any atom is -0.458 e. The highest BCUT2D eigenvalue weighted by molar-refractivity contribution is 7.90. The molecule has 0 spiro atoms. The van der Waals surface area contributed by atoms with Crippen LogP contribution >= 0.6 is 11.3 Å². The van der Waals surface area contributed by atoms with Gasteiger partial charge in [0.25, 0.3) is 10.0 Å². The number of amidine groups is 1. The highest BCUT2D eigenvalue weighted by atomic mass is 32.2. The number of benzene rings is 1. The van der Waals surface area contributed by atoms with Gasteiger partial charge in [-0.15, -0.1) is 11.3 Å². The Hall–Kier alpha value is -2.79.